The van der Waals surface area contributed by atoms with Gasteiger partial charge in [0, 0.05) is 18.1 Å². The SMILES string of the molecule is CC[C@@H](CO)NC1CCC(N)CC1. The van der Waals surface area contributed by atoms with Gasteiger partial charge >= 0.3 is 0 Å². The lowest BCUT2D eigenvalue weighted by atomic mass is 9.91. The van der Waals surface area contributed by atoms with Gasteiger partial charge in [0.05, 0.1) is 6.61 Å². The van der Waals surface area contributed by atoms with Crippen LogP contribution in [0.3, 0.4) is 0 Å². The molecule has 13 heavy (non-hydrogen) atoms. The van der Waals surface area contributed by atoms with Crippen molar-refractivity contribution in [3.8, 4) is 0 Å². The largest absolute Gasteiger partial charge is 0.395 e. The molecule has 0 aromatic rings. The van der Waals surface area contributed by atoms with Crippen LogP contribution in [0.1, 0.15) is 39.0 Å². The van der Waals surface area contributed by atoms with Crippen LogP contribution < -0.4 is 11.1 Å². The van der Waals surface area contributed by atoms with Crippen molar-refractivity contribution in [2.24, 2.45) is 5.73 Å². The Morgan fingerprint density at radius 2 is 2.00 bits per heavy atom. The van der Waals surface area contributed by atoms with E-state index in [1.807, 2.05) is 0 Å². The van der Waals surface area contributed by atoms with Gasteiger partial charge in [0.15, 0.2) is 0 Å². The maximum atomic E-state index is 9.02. The highest BCUT2D eigenvalue weighted by molar-refractivity contribution is 4.81. The van der Waals surface area contributed by atoms with Crippen molar-refractivity contribution in [1.82, 2.24) is 5.32 Å². The summed E-state index contributed by atoms with van der Waals surface area (Å²) in [7, 11) is 0. The van der Waals surface area contributed by atoms with Gasteiger partial charge in [0.25, 0.3) is 0 Å². The molecule has 3 nitrogen and oxygen atoms in total. The molecule has 0 heterocycles. The van der Waals surface area contributed by atoms with Crippen LogP contribution in [0.25, 0.3) is 0 Å². The van der Waals surface area contributed by atoms with Gasteiger partial charge in [-0.3, -0.25) is 0 Å². The summed E-state index contributed by atoms with van der Waals surface area (Å²) in [4.78, 5) is 0. The highest BCUT2D eigenvalue weighted by Gasteiger charge is 2.19. The van der Waals surface area contributed by atoms with Gasteiger partial charge in [-0.1, -0.05) is 6.92 Å². The van der Waals surface area contributed by atoms with Gasteiger partial charge in [0.2, 0.25) is 0 Å². The summed E-state index contributed by atoms with van der Waals surface area (Å²) in [6.45, 7) is 2.35. The Labute approximate surface area is 80.7 Å². The molecule has 0 bridgehead atoms. The van der Waals surface area contributed by atoms with Gasteiger partial charge in [-0.25, -0.2) is 0 Å². The van der Waals surface area contributed by atoms with Crippen LogP contribution >= 0.6 is 0 Å². The smallest absolute Gasteiger partial charge is 0.0584 e. The van der Waals surface area contributed by atoms with Crippen molar-refractivity contribution in [2.75, 3.05) is 6.61 Å². The van der Waals surface area contributed by atoms with Crippen LogP contribution in [-0.4, -0.2) is 29.8 Å². The lowest BCUT2D eigenvalue weighted by Gasteiger charge is -2.29. The van der Waals surface area contributed by atoms with Crippen molar-refractivity contribution < 1.29 is 5.11 Å². The molecule has 4 N–H and O–H groups in total. The zero-order valence-electron chi connectivity index (χ0n) is 8.50. The molecular formula is C10H22N2O. The number of aliphatic hydroxyl groups is 1. The topological polar surface area (TPSA) is 58.3 Å². The van der Waals surface area contributed by atoms with Crippen LogP contribution in [0.15, 0.2) is 0 Å². The van der Waals surface area contributed by atoms with Crippen molar-refractivity contribution in [2.45, 2.75) is 57.2 Å². The van der Waals surface area contributed by atoms with E-state index in [0.717, 1.165) is 32.1 Å². The fourth-order valence-corrected chi connectivity index (χ4v) is 1.92. The third-order valence-electron chi connectivity index (χ3n) is 2.96. The Balaban J connectivity index is 2.21. The number of hydrogen-bond donors (Lipinski definition) is 3. The molecular weight excluding hydrogens is 164 g/mol. The third-order valence-corrected chi connectivity index (χ3v) is 2.96. The minimum absolute atomic E-state index is 0.249. The van der Waals surface area contributed by atoms with Crippen LogP contribution in [0.5, 0.6) is 0 Å². The molecule has 1 aliphatic carbocycles. The molecule has 0 saturated heterocycles. The van der Waals surface area contributed by atoms with E-state index in [9.17, 15) is 0 Å². The van der Waals surface area contributed by atoms with Gasteiger partial charge in [-0.15, -0.1) is 0 Å². The molecule has 0 aliphatic heterocycles. The second kappa shape index (κ2) is 5.58. The molecule has 3 heteroatoms. The van der Waals surface area contributed by atoms with E-state index < -0.39 is 0 Å². The quantitative estimate of drug-likeness (QED) is 0.603. The van der Waals surface area contributed by atoms with Crippen molar-refractivity contribution >= 4 is 0 Å². The fraction of sp³-hybridized carbons (Fsp3) is 1.00. The van der Waals surface area contributed by atoms with E-state index >= 15 is 0 Å². The Hall–Kier alpha value is -0.120. The second-order valence-electron chi connectivity index (χ2n) is 4.07. The number of hydrogen-bond acceptors (Lipinski definition) is 3. The van der Waals surface area contributed by atoms with E-state index in [1.54, 1.807) is 0 Å². The molecule has 1 saturated carbocycles. The van der Waals surface area contributed by atoms with Crippen LogP contribution in [0.4, 0.5) is 0 Å². The molecule has 0 spiro atoms. The predicted octanol–water partition coefficient (Wildman–Crippen LogP) is 0.617. The molecule has 0 aromatic carbocycles. The Morgan fingerprint density at radius 3 is 2.46 bits per heavy atom. The predicted molar refractivity (Wildman–Crippen MR) is 54.5 cm³/mol. The first-order valence-corrected chi connectivity index (χ1v) is 5.38. The van der Waals surface area contributed by atoms with Crippen LogP contribution in [0.2, 0.25) is 0 Å². The highest BCUT2D eigenvalue weighted by atomic mass is 16.3. The van der Waals surface area contributed by atoms with E-state index in [1.165, 1.54) is 0 Å². The average molecular weight is 186 g/mol. The number of nitrogens with two attached hydrogens (primary N) is 1. The Morgan fingerprint density at radius 1 is 1.38 bits per heavy atom. The van der Waals surface area contributed by atoms with Gasteiger partial charge < -0.3 is 16.2 Å². The molecule has 1 atom stereocenters. The molecule has 1 rings (SSSR count). The summed E-state index contributed by atoms with van der Waals surface area (Å²) >= 11 is 0. The maximum absolute atomic E-state index is 9.02. The monoisotopic (exact) mass is 186 g/mol. The molecule has 0 amide bonds. The maximum Gasteiger partial charge on any atom is 0.0584 e. The molecule has 1 aliphatic rings. The lowest BCUT2D eigenvalue weighted by molar-refractivity contribution is 0.212. The molecule has 0 unspecified atom stereocenters. The van der Waals surface area contributed by atoms with Crippen molar-refractivity contribution in [3.63, 3.8) is 0 Å². The summed E-state index contributed by atoms with van der Waals surface area (Å²) in [6.07, 6.45) is 5.58. The summed E-state index contributed by atoms with van der Waals surface area (Å²) in [5, 5.41) is 12.5. The highest BCUT2D eigenvalue weighted by Crippen LogP contribution is 2.17. The van der Waals surface area contributed by atoms with Gasteiger partial charge in [-0.05, 0) is 32.1 Å². The summed E-state index contributed by atoms with van der Waals surface area (Å²) in [6, 6.07) is 1.27. The van der Waals surface area contributed by atoms with Gasteiger partial charge in [-0.2, -0.15) is 0 Å². The third kappa shape index (κ3) is 3.63. The zero-order chi connectivity index (χ0) is 9.68. The standard InChI is InChI=1S/C10H22N2O/c1-2-9(7-13)12-10-5-3-8(11)4-6-10/h8-10,12-13H,2-7,11H2,1H3/t8?,9-,10?/m0/s1. The minimum atomic E-state index is 0.249. The number of rotatable bonds is 4. The molecule has 78 valence electrons. The molecule has 1 fully saturated rings. The lowest BCUT2D eigenvalue weighted by Crippen LogP contribution is -2.43. The number of nitrogens with one attached hydrogen (secondary N) is 1. The van der Waals surface area contributed by atoms with E-state index in [2.05, 4.69) is 12.2 Å². The molecule has 0 radical (unpaired) electrons. The summed E-state index contributed by atoms with van der Waals surface area (Å²) in [5.74, 6) is 0. The first-order chi connectivity index (χ1) is 6.26. The second-order valence-corrected chi connectivity index (χ2v) is 4.07. The first-order valence-electron chi connectivity index (χ1n) is 5.38. The van der Waals surface area contributed by atoms with Crippen LogP contribution in [0, 0.1) is 0 Å². The normalized spacial score (nSPS) is 31.6. The summed E-state index contributed by atoms with van der Waals surface area (Å²) in [5.41, 5.74) is 5.82. The van der Waals surface area contributed by atoms with Crippen LogP contribution in [-0.2, 0) is 0 Å². The first kappa shape index (κ1) is 11.0. The average Bonchev–Trinajstić information content (AvgIpc) is 2.17. The fourth-order valence-electron chi connectivity index (χ4n) is 1.92. The van der Waals surface area contributed by atoms with E-state index in [-0.39, 0.29) is 12.6 Å². The Kier molecular flexibility index (Phi) is 4.70. The summed E-state index contributed by atoms with van der Waals surface area (Å²) < 4.78 is 0. The number of aliphatic hydroxyl groups excluding tert-OH is 1. The van der Waals surface area contributed by atoms with E-state index in [0.29, 0.717) is 12.1 Å². The van der Waals surface area contributed by atoms with Crippen molar-refractivity contribution in [1.29, 1.82) is 0 Å². The van der Waals surface area contributed by atoms with Crippen molar-refractivity contribution in [3.05, 3.63) is 0 Å². The zero-order valence-corrected chi connectivity index (χ0v) is 8.50. The van der Waals surface area contributed by atoms with Gasteiger partial charge in [0.1, 0.15) is 0 Å². The molecule has 0 aromatic heterocycles. The minimum Gasteiger partial charge on any atom is -0.395 e. The Bertz CT molecular complexity index is 129. The van der Waals surface area contributed by atoms with E-state index in [4.69, 9.17) is 10.8 Å².